The maximum absolute atomic E-state index is 12.4. The number of pyridine rings is 1. The second-order valence-corrected chi connectivity index (χ2v) is 16.7. The molecule has 9 aromatic rings. The number of fused-ring (bicyclic) bond motifs is 1. The first-order valence-corrected chi connectivity index (χ1v) is 21.1. The zero-order valence-electron chi connectivity index (χ0n) is 47.8. The van der Waals surface area contributed by atoms with Crippen LogP contribution in [0.3, 0.4) is 0 Å². The molecule has 0 saturated heterocycles. The minimum absolute atomic E-state index is 0. The van der Waals surface area contributed by atoms with Crippen LogP contribution < -0.4 is 0 Å². The fourth-order valence-electron chi connectivity index (χ4n) is 8.25. The van der Waals surface area contributed by atoms with Gasteiger partial charge in [0, 0.05) is 55.0 Å². The van der Waals surface area contributed by atoms with Crippen molar-refractivity contribution in [3.8, 4) is 78.6 Å². The minimum Gasteiger partial charge on any atom is -0.507 e. The fourth-order valence-corrected chi connectivity index (χ4v) is 8.25. The van der Waals surface area contributed by atoms with Gasteiger partial charge in [0.05, 0.1) is 22.3 Å². The van der Waals surface area contributed by atoms with Crippen LogP contribution in [0.25, 0.3) is 83.9 Å². The zero-order valence-corrected chi connectivity index (χ0v) is 38.1. The Morgan fingerprint density at radius 3 is 2.00 bits per heavy atom. The molecule has 7 aromatic carbocycles. The molecule has 64 heavy (non-hydrogen) atoms. The van der Waals surface area contributed by atoms with Gasteiger partial charge < -0.3 is 5.11 Å². The number of imidazole rings is 1. The molecular weight excluding hydrogens is 962 g/mol. The van der Waals surface area contributed by atoms with Gasteiger partial charge in [-0.25, -0.2) is 4.98 Å². The van der Waals surface area contributed by atoms with Crippen molar-refractivity contribution < 1.29 is 42.6 Å². The Bertz CT molecular complexity index is 3530. The number of aromatic hydroxyl groups is 1. The van der Waals surface area contributed by atoms with Gasteiger partial charge in [0.2, 0.25) is 0 Å². The van der Waals surface area contributed by atoms with Crippen LogP contribution in [-0.4, -0.2) is 19.6 Å². The molecule has 2 heterocycles. The van der Waals surface area contributed by atoms with Gasteiger partial charge in [0.1, 0.15) is 11.6 Å². The van der Waals surface area contributed by atoms with Crippen molar-refractivity contribution in [1.82, 2.24) is 14.5 Å². The third kappa shape index (κ3) is 8.65. The second-order valence-electron chi connectivity index (χ2n) is 16.7. The average Bonchev–Trinajstić information content (AvgIpc) is 3.75. The number of para-hydroxylation sites is 1. The monoisotopic (exact) mass is 1030 g/mol. The van der Waals surface area contributed by atoms with Crippen molar-refractivity contribution in [1.29, 1.82) is 0 Å². The molecule has 0 fully saturated rings. The van der Waals surface area contributed by atoms with E-state index in [1.165, 1.54) is 12.1 Å². The molecule has 9 rings (SSSR count). The summed E-state index contributed by atoms with van der Waals surface area (Å²) in [6.07, 6.45) is 1.71. The molecule has 5 heteroatoms. The molecule has 0 bridgehead atoms. The molecule has 0 amide bonds. The molecule has 0 aliphatic rings. The molecule has 0 atom stereocenters. The van der Waals surface area contributed by atoms with Gasteiger partial charge in [-0.15, -0.1) is 23.8 Å². The fraction of sp³-hybridized carbons (Fsp3) is 0.186. The summed E-state index contributed by atoms with van der Waals surface area (Å²) < 4.78 is 103. The van der Waals surface area contributed by atoms with Crippen LogP contribution in [-0.2, 0) is 26.5 Å². The van der Waals surface area contributed by atoms with E-state index in [1.807, 2.05) is 103 Å². The largest absolute Gasteiger partial charge is 0.507 e. The van der Waals surface area contributed by atoms with Crippen molar-refractivity contribution in [2.45, 2.75) is 72.4 Å². The summed E-state index contributed by atoms with van der Waals surface area (Å²) in [5.74, 6) is 0.264. The third-order valence-corrected chi connectivity index (χ3v) is 11.7. The van der Waals surface area contributed by atoms with Crippen LogP contribution in [0.4, 0.5) is 0 Å². The number of phenolic OH excluding ortho intramolecular Hbond substituents is 1. The molecule has 2 aromatic heterocycles. The van der Waals surface area contributed by atoms with Crippen LogP contribution in [0.15, 0.2) is 164 Å². The van der Waals surface area contributed by atoms with Gasteiger partial charge in [-0.05, 0) is 93.4 Å². The zero-order chi connectivity index (χ0) is 54.0. The predicted octanol–water partition coefficient (Wildman–Crippen LogP) is 15.8. The van der Waals surface area contributed by atoms with Crippen LogP contribution in [0.2, 0.25) is 0 Å². The van der Waals surface area contributed by atoms with E-state index < -0.39 is 38.4 Å². The Balaban J connectivity index is 0.00000765. The summed E-state index contributed by atoms with van der Waals surface area (Å²) in [6, 6.07) is 50.9. The van der Waals surface area contributed by atoms with E-state index in [4.69, 9.17) is 26.4 Å². The quantitative estimate of drug-likeness (QED) is 0.147. The Morgan fingerprint density at radius 1 is 0.609 bits per heavy atom. The standard InChI is InChI=1S/C59H54N3O.Pt/c1-37(2)44-33-50(38(3)4)57(63)52(34-44)58-61-56-49(20-15-21-55(56)62(58)54-27-26-48(59(6,7)8)36-51(54)42-18-13-10-14-19-42)46-30-45(40-16-11-9-12-17-40)31-47(32-46)53-35-43(28-29-60-53)41-24-22-39(5)23-25-41;/h9-31,33-38,63H,1-8H3;/q-1;/i5D3,6D3,7D3,8D3;. The van der Waals surface area contributed by atoms with E-state index in [0.29, 0.717) is 67.2 Å². The van der Waals surface area contributed by atoms with Gasteiger partial charge in [-0.1, -0.05) is 186 Å². The smallest absolute Gasteiger partial charge is 0.148 e. The van der Waals surface area contributed by atoms with Crippen LogP contribution in [0, 0.1) is 12.9 Å². The summed E-state index contributed by atoms with van der Waals surface area (Å²) in [5.41, 5.74) is 6.92. The SMILES string of the molecule is [2H]C([2H])([2H])c1ccc(-c2ccnc(-c3[c-]c(-c4cccc5c4nc(-c4cc(C(C)C)cc(C(C)C)c4O)n5-c4ccc(C(C([2H])([2H])[2H])(C([2H])([2H])[2H])C([2H])([2H])[2H])cc4-c4ccccc4)cc(-c4ccccc4)c3)c2)cc1.[Pt]. The van der Waals surface area contributed by atoms with Crippen LogP contribution in [0.5, 0.6) is 5.75 Å². The van der Waals surface area contributed by atoms with Crippen molar-refractivity contribution in [2.24, 2.45) is 0 Å². The first-order valence-electron chi connectivity index (χ1n) is 27.1. The van der Waals surface area contributed by atoms with Crippen LogP contribution in [0.1, 0.15) is 98.8 Å². The number of aromatic nitrogens is 3. The number of benzene rings is 7. The van der Waals surface area contributed by atoms with Gasteiger partial charge in [-0.3, -0.25) is 9.55 Å². The molecule has 0 saturated carbocycles. The molecule has 1 N–H and O–H groups in total. The van der Waals surface area contributed by atoms with E-state index in [1.54, 1.807) is 66.9 Å². The number of nitrogens with zero attached hydrogens (tertiary/aromatic N) is 3. The van der Waals surface area contributed by atoms with E-state index in [2.05, 4.69) is 19.9 Å². The molecule has 0 aliphatic heterocycles. The summed E-state index contributed by atoms with van der Waals surface area (Å²) >= 11 is 0. The molecule has 0 aliphatic carbocycles. The minimum atomic E-state index is -3.51. The van der Waals surface area contributed by atoms with Gasteiger partial charge in [0.15, 0.2) is 0 Å². The Labute approximate surface area is 409 Å². The van der Waals surface area contributed by atoms with E-state index >= 15 is 0 Å². The number of hydrogen-bond donors (Lipinski definition) is 1. The molecule has 0 spiro atoms. The second kappa shape index (κ2) is 18.0. The third-order valence-electron chi connectivity index (χ3n) is 11.7. The number of phenols is 1. The topological polar surface area (TPSA) is 50.9 Å². The summed E-state index contributed by atoms with van der Waals surface area (Å²) in [7, 11) is 0. The van der Waals surface area contributed by atoms with Gasteiger partial charge in [0.25, 0.3) is 0 Å². The van der Waals surface area contributed by atoms with E-state index in [-0.39, 0.29) is 44.2 Å². The molecule has 0 unspecified atom stereocenters. The first kappa shape index (κ1) is 31.5. The Kier molecular flexibility index (Phi) is 8.87. The van der Waals surface area contributed by atoms with Crippen molar-refractivity contribution in [3.05, 3.63) is 192 Å². The summed E-state index contributed by atoms with van der Waals surface area (Å²) in [4.78, 5) is 10.3. The maximum Gasteiger partial charge on any atom is 0.148 e. The molecule has 322 valence electrons. The van der Waals surface area contributed by atoms with Gasteiger partial charge in [-0.2, -0.15) is 0 Å². The first-order chi connectivity index (χ1) is 35.3. The summed E-state index contributed by atoms with van der Waals surface area (Å²) in [5, 5.41) is 12.4. The van der Waals surface area contributed by atoms with E-state index in [9.17, 15) is 5.11 Å². The number of aryl methyl sites for hydroxylation is 1. The maximum atomic E-state index is 12.4. The average molecular weight is 1030 g/mol. The normalized spacial score (nSPS) is 15.2. The molecule has 4 nitrogen and oxygen atoms in total. The number of rotatable bonds is 9. The van der Waals surface area contributed by atoms with E-state index in [0.717, 1.165) is 27.8 Å². The van der Waals surface area contributed by atoms with Gasteiger partial charge >= 0.3 is 0 Å². The Morgan fingerprint density at radius 2 is 1.31 bits per heavy atom. The predicted molar refractivity (Wildman–Crippen MR) is 264 cm³/mol. The molecular formula is C59H54N3OPt-. The van der Waals surface area contributed by atoms with Crippen LogP contribution >= 0.6 is 0 Å². The summed E-state index contributed by atoms with van der Waals surface area (Å²) in [6.45, 7) is -4.65. The number of hydrogen-bond acceptors (Lipinski definition) is 3. The van der Waals surface area contributed by atoms with Crippen molar-refractivity contribution in [2.75, 3.05) is 0 Å². The Hall–Kier alpha value is -6.35. The van der Waals surface area contributed by atoms with Crippen molar-refractivity contribution >= 4 is 11.0 Å². The molecule has 0 radical (unpaired) electrons. The van der Waals surface area contributed by atoms with Crippen molar-refractivity contribution in [3.63, 3.8) is 0 Å².